The van der Waals surface area contributed by atoms with Crippen LogP contribution >= 0.6 is 0 Å². The van der Waals surface area contributed by atoms with E-state index in [0.29, 0.717) is 48.7 Å². The second kappa shape index (κ2) is 17.5. The van der Waals surface area contributed by atoms with Gasteiger partial charge in [-0.05, 0) is 101 Å². The van der Waals surface area contributed by atoms with Gasteiger partial charge in [0.25, 0.3) is 11.8 Å². The largest absolute Gasteiger partial charge is 0.330 e. The van der Waals surface area contributed by atoms with Gasteiger partial charge in [0.1, 0.15) is 0 Å². The second-order valence-electron chi connectivity index (χ2n) is 10.1. The molecular formula is C32H42N6O4. The fraction of sp³-hybridized carbons (Fsp3) is 0.375. The lowest BCUT2D eigenvalue weighted by Crippen LogP contribution is -2.37. The topological polar surface area (TPSA) is 152 Å². The molecule has 42 heavy (non-hydrogen) atoms. The highest BCUT2D eigenvalue weighted by Crippen LogP contribution is 2.26. The van der Waals surface area contributed by atoms with Gasteiger partial charge in [-0.3, -0.25) is 19.2 Å². The molecule has 0 unspecified atom stereocenters. The minimum atomic E-state index is -0.457. The summed E-state index contributed by atoms with van der Waals surface area (Å²) >= 11 is 0. The number of carbonyl (C=O) groups excluding carboxylic acids is 4. The summed E-state index contributed by atoms with van der Waals surface area (Å²) in [6.45, 7) is 11.6. The van der Waals surface area contributed by atoms with Gasteiger partial charge in [0, 0.05) is 24.0 Å². The first-order valence-electron chi connectivity index (χ1n) is 14.2. The predicted octanol–water partition coefficient (Wildman–Crippen LogP) is 6.01. The Balaban J connectivity index is 2.16. The number of unbranched alkanes of at least 4 members (excludes halogenated alkanes) is 4. The van der Waals surface area contributed by atoms with Gasteiger partial charge in [0.05, 0.1) is 22.7 Å². The summed E-state index contributed by atoms with van der Waals surface area (Å²) in [6, 6.07) is 13.2. The van der Waals surface area contributed by atoms with Crippen LogP contribution in [0.2, 0.25) is 0 Å². The molecule has 2 rings (SSSR count). The van der Waals surface area contributed by atoms with E-state index in [9.17, 15) is 19.2 Å². The molecule has 0 aromatic heterocycles. The van der Waals surface area contributed by atoms with Gasteiger partial charge in [-0.1, -0.05) is 26.0 Å². The minimum absolute atomic E-state index is 0.228. The van der Waals surface area contributed by atoms with Crippen LogP contribution in [0.1, 0.15) is 65.2 Å². The first-order chi connectivity index (χ1) is 20.1. The molecule has 10 heteroatoms. The molecule has 0 aliphatic carbocycles. The fourth-order valence-electron chi connectivity index (χ4n) is 4.00. The number of hydrogen-bond acceptors (Lipinski definition) is 8. The molecular weight excluding hydrogens is 532 g/mol. The van der Waals surface area contributed by atoms with Gasteiger partial charge in [-0.15, -0.1) is 0 Å². The Labute approximate surface area is 248 Å². The lowest BCUT2D eigenvalue weighted by molar-refractivity contribution is -0.126. The molecule has 0 aliphatic heterocycles. The highest BCUT2D eigenvalue weighted by molar-refractivity contribution is 6.21. The molecule has 0 aliphatic rings. The van der Waals surface area contributed by atoms with E-state index in [1.165, 1.54) is 0 Å². The monoisotopic (exact) mass is 574 g/mol. The maximum atomic E-state index is 12.9. The first kappa shape index (κ1) is 33.9. The van der Waals surface area contributed by atoms with Crippen LogP contribution in [-0.4, -0.2) is 36.7 Å². The Hall–Kier alpha value is -4.28. The molecule has 0 spiro atoms. The molecule has 0 bridgehead atoms. The lowest BCUT2D eigenvalue weighted by Gasteiger charge is -2.21. The third kappa shape index (κ3) is 10.3. The second-order valence-corrected chi connectivity index (χ2v) is 10.1. The molecule has 0 radical (unpaired) electrons. The standard InChI is InChI=1S/C32H42N6O4/c1-23(2)31(41)37(29(39)11-7-5-9-21-33)27-17-13-25(14-18-27)35-36-26-15-19-28(20-16-26)38(32(42)24(3)4)30(40)12-8-6-10-22-34/h13-20H,1,3,5-12,21-22,33-34H2,2,4H3. The van der Waals surface area contributed by atoms with Crippen molar-refractivity contribution in [3.8, 4) is 0 Å². The Kier molecular flexibility index (Phi) is 14.1. The molecule has 224 valence electrons. The maximum absolute atomic E-state index is 12.9. The number of nitrogens with two attached hydrogens (primary N) is 2. The Bertz CT molecular complexity index is 1190. The summed E-state index contributed by atoms with van der Waals surface area (Å²) in [5.74, 6) is -1.52. The molecule has 10 nitrogen and oxygen atoms in total. The van der Waals surface area contributed by atoms with E-state index in [2.05, 4.69) is 23.4 Å². The summed E-state index contributed by atoms with van der Waals surface area (Å²) in [6.07, 6.45) is 5.01. The van der Waals surface area contributed by atoms with Gasteiger partial charge in [0.15, 0.2) is 0 Å². The third-order valence-electron chi connectivity index (χ3n) is 6.32. The molecule has 2 aromatic rings. The normalized spacial score (nSPS) is 10.9. The molecule has 4 amide bonds. The van der Waals surface area contributed by atoms with E-state index in [0.717, 1.165) is 35.5 Å². The molecule has 0 fully saturated rings. The van der Waals surface area contributed by atoms with E-state index in [1.807, 2.05) is 0 Å². The quantitative estimate of drug-likeness (QED) is 0.142. The average Bonchev–Trinajstić information content (AvgIpc) is 2.97. The number of benzene rings is 2. The van der Waals surface area contributed by atoms with Crippen molar-refractivity contribution in [3.63, 3.8) is 0 Å². The van der Waals surface area contributed by atoms with Crippen molar-refractivity contribution in [2.45, 2.75) is 65.2 Å². The number of azo groups is 1. The summed E-state index contributed by atoms with van der Waals surface area (Å²) in [4.78, 5) is 53.5. The van der Waals surface area contributed by atoms with Gasteiger partial charge in [-0.25, -0.2) is 9.80 Å². The van der Waals surface area contributed by atoms with Gasteiger partial charge in [-0.2, -0.15) is 10.2 Å². The first-order valence-corrected chi connectivity index (χ1v) is 14.2. The van der Waals surface area contributed by atoms with Crippen molar-refractivity contribution >= 4 is 46.4 Å². The summed E-state index contributed by atoms with van der Waals surface area (Å²) in [5, 5.41) is 8.48. The zero-order valence-corrected chi connectivity index (χ0v) is 24.7. The fourth-order valence-corrected chi connectivity index (χ4v) is 4.00. The molecule has 0 saturated heterocycles. The summed E-state index contributed by atoms with van der Waals surface area (Å²) in [5.41, 5.74) is 13.4. The number of anilines is 2. The van der Waals surface area contributed by atoms with Crippen molar-refractivity contribution in [3.05, 3.63) is 72.8 Å². The van der Waals surface area contributed by atoms with E-state index in [4.69, 9.17) is 11.5 Å². The Morgan fingerprint density at radius 2 is 0.929 bits per heavy atom. The number of hydrogen-bond donors (Lipinski definition) is 2. The molecule has 4 N–H and O–H groups in total. The van der Waals surface area contributed by atoms with Crippen molar-refractivity contribution < 1.29 is 19.2 Å². The molecule has 0 atom stereocenters. The van der Waals surface area contributed by atoms with Crippen LogP contribution in [0.3, 0.4) is 0 Å². The summed E-state index contributed by atoms with van der Waals surface area (Å²) < 4.78 is 0. The van der Waals surface area contributed by atoms with Crippen LogP contribution in [0.25, 0.3) is 0 Å². The number of carbonyl (C=O) groups is 4. The van der Waals surface area contributed by atoms with Crippen molar-refractivity contribution in [1.82, 2.24) is 0 Å². The number of rotatable bonds is 16. The van der Waals surface area contributed by atoms with Crippen molar-refractivity contribution in [1.29, 1.82) is 0 Å². The van der Waals surface area contributed by atoms with Crippen LogP contribution in [0, 0.1) is 0 Å². The summed E-state index contributed by atoms with van der Waals surface area (Å²) in [7, 11) is 0. The van der Waals surface area contributed by atoms with Crippen LogP contribution in [0.4, 0.5) is 22.7 Å². The zero-order chi connectivity index (χ0) is 31.1. The Morgan fingerprint density at radius 3 is 1.21 bits per heavy atom. The molecule has 0 saturated carbocycles. The van der Waals surface area contributed by atoms with Gasteiger partial charge < -0.3 is 11.5 Å². The van der Waals surface area contributed by atoms with Crippen LogP contribution in [-0.2, 0) is 19.2 Å². The minimum Gasteiger partial charge on any atom is -0.330 e. The van der Waals surface area contributed by atoms with Crippen molar-refractivity contribution in [2.75, 3.05) is 22.9 Å². The lowest BCUT2D eigenvalue weighted by atomic mass is 10.1. The van der Waals surface area contributed by atoms with Gasteiger partial charge >= 0.3 is 0 Å². The van der Waals surface area contributed by atoms with E-state index in [-0.39, 0.29) is 35.8 Å². The van der Waals surface area contributed by atoms with Crippen LogP contribution in [0.15, 0.2) is 83.1 Å². The Morgan fingerprint density at radius 1 is 0.595 bits per heavy atom. The molecule has 0 heterocycles. The van der Waals surface area contributed by atoms with E-state index < -0.39 is 11.8 Å². The maximum Gasteiger partial charge on any atom is 0.260 e. The number of nitrogens with zero attached hydrogens (tertiary/aromatic N) is 4. The third-order valence-corrected chi connectivity index (χ3v) is 6.32. The zero-order valence-electron chi connectivity index (χ0n) is 24.7. The van der Waals surface area contributed by atoms with E-state index in [1.54, 1.807) is 62.4 Å². The number of amides is 4. The average molecular weight is 575 g/mol. The number of imide groups is 2. The highest BCUT2D eigenvalue weighted by Gasteiger charge is 2.24. The molecule has 2 aromatic carbocycles. The predicted molar refractivity (Wildman–Crippen MR) is 167 cm³/mol. The van der Waals surface area contributed by atoms with Crippen LogP contribution in [0.5, 0.6) is 0 Å². The van der Waals surface area contributed by atoms with Gasteiger partial charge in [0.2, 0.25) is 11.8 Å². The van der Waals surface area contributed by atoms with Crippen LogP contribution < -0.4 is 21.3 Å². The SMILES string of the molecule is C=C(C)C(=O)N(C(=O)CCCCCN)c1ccc(N=Nc2ccc(N(C(=O)CCCCCN)C(=O)C(=C)C)cc2)cc1. The smallest absolute Gasteiger partial charge is 0.260 e. The van der Waals surface area contributed by atoms with Crippen molar-refractivity contribution in [2.24, 2.45) is 21.7 Å². The van der Waals surface area contributed by atoms with E-state index >= 15 is 0 Å². The highest BCUT2D eigenvalue weighted by atomic mass is 16.2.